The minimum atomic E-state index is -0.791. The Bertz CT molecular complexity index is 313. The van der Waals surface area contributed by atoms with Crippen LogP contribution in [0.25, 0.3) is 0 Å². The molecule has 124 valence electrons. The summed E-state index contributed by atoms with van der Waals surface area (Å²) < 4.78 is 23.0. The minimum absolute atomic E-state index is 0.0474. The Morgan fingerprint density at radius 1 is 1.10 bits per heavy atom. The maximum atomic E-state index is 6.03. The molecule has 0 aromatic heterocycles. The van der Waals surface area contributed by atoms with E-state index in [-0.39, 0.29) is 11.0 Å². The Balaban J connectivity index is 1.69. The van der Waals surface area contributed by atoms with Gasteiger partial charge < -0.3 is 18.9 Å². The third-order valence-electron chi connectivity index (χ3n) is 4.60. The lowest BCUT2D eigenvalue weighted by atomic mass is 9.82. The molecule has 0 aromatic rings. The van der Waals surface area contributed by atoms with Crippen molar-refractivity contribution in [1.29, 1.82) is 0 Å². The molecule has 4 nitrogen and oxygen atoms in total. The zero-order valence-corrected chi connectivity index (χ0v) is 14.4. The lowest BCUT2D eigenvalue weighted by molar-refractivity contribution is -0.460. The molecule has 3 fully saturated rings. The molecule has 3 rings (SSSR count). The second-order valence-corrected chi connectivity index (χ2v) is 7.87. The van der Waals surface area contributed by atoms with Crippen molar-refractivity contribution in [2.75, 3.05) is 26.4 Å². The van der Waals surface area contributed by atoms with Gasteiger partial charge in [-0.05, 0) is 45.4 Å². The van der Waals surface area contributed by atoms with Crippen LogP contribution in [-0.4, -0.2) is 38.0 Å². The van der Waals surface area contributed by atoms with Gasteiger partial charge in [-0.15, -0.1) is 0 Å². The van der Waals surface area contributed by atoms with Gasteiger partial charge in [0.05, 0.1) is 25.4 Å². The third-order valence-corrected chi connectivity index (χ3v) is 4.60. The van der Waals surface area contributed by atoms with Crippen molar-refractivity contribution in [3.05, 3.63) is 0 Å². The number of hydrogen-bond donors (Lipinski definition) is 0. The molecule has 0 radical (unpaired) electrons. The van der Waals surface area contributed by atoms with Crippen LogP contribution in [0, 0.1) is 11.3 Å². The van der Waals surface area contributed by atoms with E-state index < -0.39 is 5.97 Å². The number of hydrogen-bond acceptors (Lipinski definition) is 4. The fourth-order valence-corrected chi connectivity index (χ4v) is 2.85. The molecule has 0 saturated carbocycles. The molecule has 3 heterocycles. The van der Waals surface area contributed by atoms with E-state index in [0.717, 1.165) is 52.1 Å². The molecule has 0 aromatic carbocycles. The predicted molar refractivity (Wildman–Crippen MR) is 82.0 cm³/mol. The molecule has 21 heavy (non-hydrogen) atoms. The molecule has 3 aliphatic heterocycles. The quantitative estimate of drug-likeness (QED) is 0.684. The largest absolute Gasteiger partial charge is 0.376 e. The van der Waals surface area contributed by atoms with Crippen molar-refractivity contribution in [2.24, 2.45) is 11.3 Å². The Kier molecular flexibility index (Phi) is 5.35. The first-order chi connectivity index (χ1) is 9.74. The lowest BCUT2D eigenvalue weighted by Crippen LogP contribution is -2.58. The molecule has 2 bridgehead atoms. The van der Waals surface area contributed by atoms with Crippen LogP contribution >= 0.6 is 0 Å². The van der Waals surface area contributed by atoms with Crippen LogP contribution in [-0.2, 0) is 18.9 Å². The molecule has 4 heteroatoms. The van der Waals surface area contributed by atoms with E-state index in [0.29, 0.717) is 5.92 Å². The van der Waals surface area contributed by atoms with Gasteiger partial charge in [-0.1, -0.05) is 13.8 Å². The lowest BCUT2D eigenvalue weighted by Gasteiger charge is -2.50. The van der Waals surface area contributed by atoms with E-state index in [1.165, 1.54) is 0 Å². The topological polar surface area (TPSA) is 36.9 Å². The molecule has 0 spiro atoms. The Morgan fingerprint density at radius 2 is 1.67 bits per heavy atom. The molecule has 0 amide bonds. The molecule has 3 saturated heterocycles. The Morgan fingerprint density at radius 3 is 2.19 bits per heavy atom. The molecule has 0 N–H and O–H groups in total. The predicted octanol–water partition coefficient (Wildman–Crippen LogP) is 3.74. The van der Waals surface area contributed by atoms with Crippen LogP contribution < -0.4 is 0 Å². The van der Waals surface area contributed by atoms with Gasteiger partial charge in [-0.2, -0.15) is 0 Å². The van der Waals surface area contributed by atoms with Gasteiger partial charge in [0.25, 0.3) is 5.97 Å². The summed E-state index contributed by atoms with van der Waals surface area (Å²) in [5.74, 6) is -0.0917. The van der Waals surface area contributed by atoms with Gasteiger partial charge >= 0.3 is 0 Å². The molecule has 0 unspecified atom stereocenters. The van der Waals surface area contributed by atoms with E-state index in [4.69, 9.17) is 18.9 Å². The summed E-state index contributed by atoms with van der Waals surface area (Å²) in [5, 5.41) is 0. The van der Waals surface area contributed by atoms with Crippen LogP contribution in [0.15, 0.2) is 0 Å². The highest BCUT2D eigenvalue weighted by molar-refractivity contribution is 4.87. The zero-order valence-electron chi connectivity index (χ0n) is 14.4. The summed E-state index contributed by atoms with van der Waals surface area (Å²) in [4.78, 5) is 0. The van der Waals surface area contributed by atoms with E-state index in [9.17, 15) is 0 Å². The summed E-state index contributed by atoms with van der Waals surface area (Å²) in [5.41, 5.74) is -0.00226. The summed E-state index contributed by atoms with van der Waals surface area (Å²) in [6.07, 6.45) is 4.37. The van der Waals surface area contributed by atoms with E-state index in [1.807, 2.05) is 6.92 Å². The highest BCUT2D eigenvalue weighted by Gasteiger charge is 2.49. The van der Waals surface area contributed by atoms with Crippen LogP contribution in [0.4, 0.5) is 0 Å². The number of ether oxygens (including phenoxy) is 4. The zero-order chi connectivity index (χ0) is 15.6. The molecular weight excluding hydrogens is 268 g/mol. The molecule has 3 aliphatic rings. The SMILES string of the molecule is CC(C)CCOC(C)(C)CCCC12COC(C)(OC1)OC2. The van der Waals surface area contributed by atoms with Crippen molar-refractivity contribution >= 4 is 0 Å². The fraction of sp³-hybridized carbons (Fsp3) is 1.00. The monoisotopic (exact) mass is 300 g/mol. The minimum Gasteiger partial charge on any atom is -0.376 e. The average Bonchev–Trinajstić information content (AvgIpc) is 2.40. The fourth-order valence-electron chi connectivity index (χ4n) is 2.85. The van der Waals surface area contributed by atoms with Gasteiger partial charge in [-0.25, -0.2) is 0 Å². The van der Waals surface area contributed by atoms with E-state index in [2.05, 4.69) is 27.7 Å². The number of fused-ring (bicyclic) bond motifs is 3. The molecule has 0 aliphatic carbocycles. The van der Waals surface area contributed by atoms with Crippen molar-refractivity contribution in [3.63, 3.8) is 0 Å². The Labute approximate surface area is 129 Å². The number of rotatable bonds is 8. The molecular formula is C17H32O4. The van der Waals surface area contributed by atoms with Gasteiger partial charge in [0.15, 0.2) is 0 Å². The first kappa shape index (κ1) is 17.2. The summed E-state index contributed by atoms with van der Waals surface area (Å²) >= 11 is 0. The van der Waals surface area contributed by atoms with Crippen LogP contribution in [0.2, 0.25) is 0 Å². The van der Waals surface area contributed by atoms with E-state index >= 15 is 0 Å². The second-order valence-electron chi connectivity index (χ2n) is 7.87. The first-order valence-electron chi connectivity index (χ1n) is 8.30. The average molecular weight is 300 g/mol. The standard InChI is InChI=1S/C17H32O4/c1-14(2)7-10-18-15(3,4)8-6-9-17-11-19-16(5,20-12-17)21-13-17/h14H,6-13H2,1-5H3. The summed E-state index contributed by atoms with van der Waals surface area (Å²) in [7, 11) is 0. The van der Waals surface area contributed by atoms with Gasteiger partial charge in [0.1, 0.15) is 0 Å². The second kappa shape index (κ2) is 6.53. The van der Waals surface area contributed by atoms with Gasteiger partial charge in [0, 0.05) is 18.9 Å². The van der Waals surface area contributed by atoms with Gasteiger partial charge in [-0.3, -0.25) is 0 Å². The first-order valence-corrected chi connectivity index (χ1v) is 8.30. The van der Waals surface area contributed by atoms with Gasteiger partial charge in [0.2, 0.25) is 0 Å². The molecule has 0 atom stereocenters. The van der Waals surface area contributed by atoms with Crippen molar-refractivity contribution in [3.8, 4) is 0 Å². The van der Waals surface area contributed by atoms with Crippen molar-refractivity contribution < 1.29 is 18.9 Å². The van der Waals surface area contributed by atoms with Crippen molar-refractivity contribution in [1.82, 2.24) is 0 Å². The summed E-state index contributed by atoms with van der Waals surface area (Å²) in [6, 6.07) is 0. The maximum absolute atomic E-state index is 6.03. The summed E-state index contributed by atoms with van der Waals surface area (Å²) in [6.45, 7) is 13.8. The normalized spacial score (nSPS) is 32.9. The highest BCUT2D eigenvalue weighted by Crippen LogP contribution is 2.41. The van der Waals surface area contributed by atoms with Crippen molar-refractivity contribution in [2.45, 2.75) is 71.9 Å². The van der Waals surface area contributed by atoms with Crippen LogP contribution in [0.1, 0.15) is 60.3 Å². The van der Waals surface area contributed by atoms with E-state index in [1.54, 1.807) is 0 Å². The smallest absolute Gasteiger partial charge is 0.279 e. The highest BCUT2D eigenvalue weighted by atomic mass is 16.9. The maximum Gasteiger partial charge on any atom is 0.279 e. The Hall–Kier alpha value is -0.160. The van der Waals surface area contributed by atoms with Crippen LogP contribution in [0.5, 0.6) is 0 Å². The van der Waals surface area contributed by atoms with Crippen LogP contribution in [0.3, 0.4) is 0 Å². The third kappa shape index (κ3) is 4.92.